The molecule has 1 atom stereocenters. The molecule has 158 valence electrons. The number of oxime groups is 1. The predicted octanol–water partition coefficient (Wildman–Crippen LogP) is 5.66. The third-order valence-corrected chi connectivity index (χ3v) is 5.56. The summed E-state index contributed by atoms with van der Waals surface area (Å²) in [7, 11) is 0. The second-order valence-electron chi connectivity index (χ2n) is 7.76. The molecule has 1 unspecified atom stereocenters. The lowest BCUT2D eigenvalue weighted by molar-refractivity contribution is -0.116. The minimum Gasteiger partial charge on any atom is -0.511 e. The Balaban J connectivity index is 2.49. The summed E-state index contributed by atoms with van der Waals surface area (Å²) in [4.78, 5) is 30.7. The number of hydrogen-bond donors (Lipinski definition) is 1. The highest BCUT2D eigenvalue weighted by Gasteiger charge is 2.33. The van der Waals surface area contributed by atoms with Gasteiger partial charge >= 0.3 is 0 Å². The zero-order chi connectivity index (χ0) is 21.7. The molecule has 1 aromatic rings. The summed E-state index contributed by atoms with van der Waals surface area (Å²) >= 11 is 0. The molecule has 0 spiro atoms. The van der Waals surface area contributed by atoms with Gasteiger partial charge in [0.1, 0.15) is 12.4 Å². The number of benzene rings is 1. The average molecular weight is 400 g/mol. The Hall–Kier alpha value is -2.43. The van der Waals surface area contributed by atoms with Crippen LogP contribution in [0.25, 0.3) is 0 Å². The van der Waals surface area contributed by atoms with Crippen molar-refractivity contribution in [2.75, 3.05) is 6.61 Å². The van der Waals surface area contributed by atoms with Gasteiger partial charge in [-0.1, -0.05) is 25.1 Å². The highest BCUT2D eigenvalue weighted by Crippen LogP contribution is 2.39. The van der Waals surface area contributed by atoms with E-state index in [-0.39, 0.29) is 29.7 Å². The molecule has 1 aliphatic carbocycles. The van der Waals surface area contributed by atoms with E-state index >= 15 is 0 Å². The van der Waals surface area contributed by atoms with E-state index in [1.54, 1.807) is 0 Å². The third kappa shape index (κ3) is 4.77. The van der Waals surface area contributed by atoms with Gasteiger partial charge in [0, 0.05) is 24.8 Å². The zero-order valence-corrected chi connectivity index (χ0v) is 18.5. The van der Waals surface area contributed by atoms with Gasteiger partial charge in [0.2, 0.25) is 0 Å². The summed E-state index contributed by atoms with van der Waals surface area (Å²) in [5.41, 5.74) is 5.53. The van der Waals surface area contributed by atoms with E-state index in [0.29, 0.717) is 37.2 Å². The molecule has 0 heterocycles. The molecule has 0 saturated carbocycles. The largest absolute Gasteiger partial charge is 0.511 e. The lowest BCUT2D eigenvalue weighted by Crippen LogP contribution is -2.25. The number of allylic oxidation sites excluding steroid dienone is 2. The van der Waals surface area contributed by atoms with Crippen LogP contribution in [0.4, 0.5) is 0 Å². The summed E-state index contributed by atoms with van der Waals surface area (Å²) in [5.74, 6) is -0.0686. The highest BCUT2D eigenvalue weighted by atomic mass is 16.6. The lowest BCUT2D eigenvalue weighted by atomic mass is 9.76. The fourth-order valence-electron chi connectivity index (χ4n) is 4.47. The number of ketones is 2. The number of hydrogen-bond acceptors (Lipinski definition) is 5. The van der Waals surface area contributed by atoms with Crippen molar-refractivity contribution in [1.29, 1.82) is 0 Å². The van der Waals surface area contributed by atoms with E-state index in [1.165, 1.54) is 0 Å². The number of carbonyl (C=O) groups is 2. The Morgan fingerprint density at radius 3 is 2.41 bits per heavy atom. The molecule has 0 aromatic heterocycles. The fraction of sp³-hybridized carbons (Fsp3) is 0.542. The van der Waals surface area contributed by atoms with Crippen molar-refractivity contribution in [1.82, 2.24) is 0 Å². The van der Waals surface area contributed by atoms with Gasteiger partial charge in [0.25, 0.3) is 0 Å². The van der Waals surface area contributed by atoms with Crippen LogP contribution in [0.5, 0.6) is 0 Å². The van der Waals surface area contributed by atoms with Crippen LogP contribution in [0, 0.1) is 20.8 Å². The quantitative estimate of drug-likeness (QED) is 0.348. The number of Topliss-reactive ketones (excluding diaryl/α,β-unsaturated/α-hetero) is 2. The number of aliphatic hydroxyl groups is 1. The number of aryl methyl sites for hydroxylation is 2. The number of nitrogens with zero attached hydrogens (tertiary/aromatic N) is 1. The molecule has 0 radical (unpaired) electrons. The molecular formula is C24H33NO4. The first-order valence-corrected chi connectivity index (χ1v) is 10.5. The van der Waals surface area contributed by atoms with Gasteiger partial charge in [-0.2, -0.15) is 0 Å². The maximum atomic E-state index is 12.9. The van der Waals surface area contributed by atoms with E-state index in [1.807, 2.05) is 47.6 Å². The van der Waals surface area contributed by atoms with Crippen molar-refractivity contribution >= 4 is 17.3 Å². The van der Waals surface area contributed by atoms with E-state index in [4.69, 9.17) is 4.84 Å². The Kier molecular flexibility index (Phi) is 7.77. The van der Waals surface area contributed by atoms with Crippen LogP contribution in [0.15, 0.2) is 22.6 Å². The van der Waals surface area contributed by atoms with Gasteiger partial charge < -0.3 is 9.94 Å². The van der Waals surface area contributed by atoms with Crippen LogP contribution in [0.2, 0.25) is 0 Å². The van der Waals surface area contributed by atoms with E-state index in [2.05, 4.69) is 5.16 Å². The minimum atomic E-state index is -0.148. The number of carbonyl (C=O) groups excluding carboxylic acids is 2. The summed E-state index contributed by atoms with van der Waals surface area (Å²) in [6.07, 6.45) is 2.47. The molecule has 5 nitrogen and oxygen atoms in total. The number of aliphatic hydroxyl groups excluding tert-OH is 1. The summed E-state index contributed by atoms with van der Waals surface area (Å²) < 4.78 is 0. The molecule has 2 rings (SSSR count). The van der Waals surface area contributed by atoms with Crippen LogP contribution >= 0.6 is 0 Å². The van der Waals surface area contributed by atoms with Crippen LogP contribution in [0.1, 0.15) is 91.4 Å². The average Bonchev–Trinajstić information content (AvgIpc) is 2.63. The summed E-state index contributed by atoms with van der Waals surface area (Å²) in [5, 5.41) is 14.7. The maximum Gasteiger partial charge on any atom is 0.168 e. The van der Waals surface area contributed by atoms with Crippen LogP contribution in [-0.2, 0) is 9.63 Å². The molecule has 0 aliphatic heterocycles. The molecule has 1 N–H and O–H groups in total. The first-order chi connectivity index (χ1) is 13.8. The standard InChI is InChI=1S/C24H33NO4/c1-7-10-19(26)23-15(5)11-14(4)22(16(23)6)17-12-20(27)24(21(28)13-17)18(8-2)25-29-9-3/h11,17,27H,7-10,12-13H2,1-6H3/b25-18-. The van der Waals surface area contributed by atoms with Gasteiger partial charge in [-0.05, 0) is 68.7 Å². The smallest absolute Gasteiger partial charge is 0.168 e. The molecule has 1 aromatic carbocycles. The maximum absolute atomic E-state index is 12.9. The van der Waals surface area contributed by atoms with Crippen molar-refractivity contribution < 1.29 is 19.5 Å². The Morgan fingerprint density at radius 1 is 1.17 bits per heavy atom. The molecular weight excluding hydrogens is 366 g/mol. The number of rotatable bonds is 8. The predicted molar refractivity (Wildman–Crippen MR) is 116 cm³/mol. The normalized spacial score (nSPS) is 17.7. The molecule has 0 saturated heterocycles. The molecule has 29 heavy (non-hydrogen) atoms. The second kappa shape index (κ2) is 9.86. The van der Waals surface area contributed by atoms with Crippen LogP contribution < -0.4 is 0 Å². The molecule has 1 aliphatic rings. The van der Waals surface area contributed by atoms with Crippen molar-refractivity contribution in [3.63, 3.8) is 0 Å². The monoisotopic (exact) mass is 399 g/mol. The van der Waals surface area contributed by atoms with Gasteiger partial charge in [-0.3, -0.25) is 9.59 Å². The first-order valence-electron chi connectivity index (χ1n) is 10.5. The molecule has 0 amide bonds. The van der Waals surface area contributed by atoms with Gasteiger partial charge in [0.05, 0.1) is 11.3 Å². The van der Waals surface area contributed by atoms with E-state index < -0.39 is 0 Å². The van der Waals surface area contributed by atoms with Crippen molar-refractivity contribution in [2.45, 2.75) is 79.6 Å². The Bertz CT molecular complexity index is 864. The minimum absolute atomic E-state index is 0.0624. The van der Waals surface area contributed by atoms with Crippen LogP contribution in [-0.4, -0.2) is 29.0 Å². The van der Waals surface area contributed by atoms with Gasteiger partial charge in [0.15, 0.2) is 11.6 Å². The highest BCUT2D eigenvalue weighted by molar-refractivity contribution is 6.23. The molecule has 0 bridgehead atoms. The second-order valence-corrected chi connectivity index (χ2v) is 7.76. The SMILES string of the molecule is CCCC(=O)c1c(C)cc(C)c(C2CC(=O)C(/C(CC)=N\OCC)=C(O)C2)c1C. The van der Waals surface area contributed by atoms with Crippen LogP contribution in [0.3, 0.4) is 0 Å². The fourth-order valence-corrected chi connectivity index (χ4v) is 4.47. The Labute approximate surface area is 173 Å². The summed E-state index contributed by atoms with van der Waals surface area (Å²) in [6.45, 7) is 12.1. The zero-order valence-electron chi connectivity index (χ0n) is 18.5. The Morgan fingerprint density at radius 2 is 1.86 bits per heavy atom. The van der Waals surface area contributed by atoms with E-state index in [9.17, 15) is 14.7 Å². The molecule has 5 heteroatoms. The topological polar surface area (TPSA) is 76.0 Å². The van der Waals surface area contributed by atoms with Gasteiger partial charge in [-0.25, -0.2) is 0 Å². The van der Waals surface area contributed by atoms with Crippen molar-refractivity contribution in [2.24, 2.45) is 5.16 Å². The lowest BCUT2D eigenvalue weighted by Gasteiger charge is -2.28. The molecule has 0 fully saturated rings. The summed E-state index contributed by atoms with van der Waals surface area (Å²) in [6, 6.07) is 2.03. The van der Waals surface area contributed by atoms with Crippen molar-refractivity contribution in [3.05, 3.63) is 45.2 Å². The van der Waals surface area contributed by atoms with Crippen molar-refractivity contribution in [3.8, 4) is 0 Å². The van der Waals surface area contributed by atoms with Gasteiger partial charge in [-0.15, -0.1) is 0 Å². The van der Waals surface area contributed by atoms with E-state index in [0.717, 1.165) is 34.2 Å². The third-order valence-electron chi connectivity index (χ3n) is 5.56. The first kappa shape index (κ1) is 22.9.